The summed E-state index contributed by atoms with van der Waals surface area (Å²) in [5.41, 5.74) is 1.77. The predicted octanol–water partition coefficient (Wildman–Crippen LogP) is 4.85. The molecular weight excluding hydrogens is 366 g/mol. The van der Waals surface area contributed by atoms with Crippen molar-refractivity contribution in [3.63, 3.8) is 0 Å². The van der Waals surface area contributed by atoms with Crippen LogP contribution < -0.4 is 4.90 Å². The number of amides is 1. The number of rotatable bonds is 2. The zero-order valence-corrected chi connectivity index (χ0v) is 14.0. The van der Waals surface area contributed by atoms with Crippen LogP contribution in [-0.2, 0) is 4.79 Å². The van der Waals surface area contributed by atoms with E-state index in [1.165, 1.54) is 11.8 Å². The SMILES string of the molecule is O=C1/C(=C\c2ccccc2Br)SC(=S)N1c1ccccc1. The maximum absolute atomic E-state index is 12.6. The van der Waals surface area contributed by atoms with Crippen LogP contribution in [0.3, 0.4) is 0 Å². The molecule has 0 aromatic heterocycles. The smallest absolute Gasteiger partial charge is 0.268 e. The van der Waals surface area contributed by atoms with Crippen LogP contribution in [0.2, 0.25) is 0 Å². The van der Waals surface area contributed by atoms with Gasteiger partial charge in [-0.2, -0.15) is 0 Å². The lowest BCUT2D eigenvalue weighted by atomic mass is 10.2. The van der Waals surface area contributed by atoms with Crippen molar-refractivity contribution < 1.29 is 4.79 Å². The number of para-hydroxylation sites is 1. The topological polar surface area (TPSA) is 20.3 Å². The number of carbonyl (C=O) groups excluding carboxylic acids is 1. The Kier molecular flexibility index (Phi) is 4.24. The molecule has 104 valence electrons. The molecule has 2 aromatic rings. The Labute approximate surface area is 141 Å². The number of anilines is 1. The minimum atomic E-state index is -0.0769. The van der Waals surface area contributed by atoms with E-state index in [1.54, 1.807) is 4.90 Å². The second-order valence-electron chi connectivity index (χ2n) is 4.37. The Morgan fingerprint density at radius 1 is 1.05 bits per heavy atom. The second kappa shape index (κ2) is 6.13. The molecule has 1 fully saturated rings. The highest BCUT2D eigenvalue weighted by Crippen LogP contribution is 2.36. The van der Waals surface area contributed by atoms with Crippen molar-refractivity contribution in [1.82, 2.24) is 0 Å². The fraction of sp³-hybridized carbons (Fsp3) is 0. The average molecular weight is 376 g/mol. The summed E-state index contributed by atoms with van der Waals surface area (Å²) in [5, 5.41) is 0. The van der Waals surface area contributed by atoms with Gasteiger partial charge in [0.05, 0.1) is 10.6 Å². The van der Waals surface area contributed by atoms with Gasteiger partial charge in [0.1, 0.15) is 0 Å². The standard InChI is InChI=1S/C16H10BrNOS2/c17-13-9-5-4-6-11(13)10-14-15(19)18(16(20)21-14)12-7-2-1-3-8-12/h1-10H/b14-10+. The van der Waals surface area contributed by atoms with Crippen molar-refractivity contribution >= 4 is 61.9 Å². The molecule has 5 heteroatoms. The number of carbonyl (C=O) groups is 1. The van der Waals surface area contributed by atoms with E-state index >= 15 is 0 Å². The van der Waals surface area contributed by atoms with E-state index in [9.17, 15) is 4.79 Å². The van der Waals surface area contributed by atoms with Gasteiger partial charge in [-0.25, -0.2) is 0 Å². The number of hydrogen-bond acceptors (Lipinski definition) is 3. The molecule has 2 aromatic carbocycles. The Hall–Kier alpha value is -1.43. The van der Waals surface area contributed by atoms with Crippen LogP contribution in [0.25, 0.3) is 6.08 Å². The Bertz CT molecular complexity index is 743. The van der Waals surface area contributed by atoms with Gasteiger partial charge in [0, 0.05) is 4.47 Å². The summed E-state index contributed by atoms with van der Waals surface area (Å²) in [5.74, 6) is -0.0769. The highest BCUT2D eigenvalue weighted by atomic mass is 79.9. The highest BCUT2D eigenvalue weighted by molar-refractivity contribution is 9.10. The first-order chi connectivity index (χ1) is 10.2. The minimum absolute atomic E-state index is 0.0769. The third-order valence-electron chi connectivity index (χ3n) is 3.00. The molecule has 1 aliphatic rings. The Morgan fingerprint density at radius 2 is 1.71 bits per heavy atom. The third-order valence-corrected chi connectivity index (χ3v) is 5.02. The summed E-state index contributed by atoms with van der Waals surface area (Å²) in [7, 11) is 0. The largest absolute Gasteiger partial charge is 0.270 e. The summed E-state index contributed by atoms with van der Waals surface area (Å²) >= 11 is 10.2. The van der Waals surface area contributed by atoms with Gasteiger partial charge < -0.3 is 0 Å². The predicted molar refractivity (Wildman–Crippen MR) is 96.2 cm³/mol. The molecule has 0 radical (unpaired) electrons. The summed E-state index contributed by atoms with van der Waals surface area (Å²) in [4.78, 5) is 14.8. The molecule has 0 bridgehead atoms. The number of hydrogen-bond donors (Lipinski definition) is 0. The van der Waals surface area contributed by atoms with Gasteiger partial charge in [0.15, 0.2) is 4.32 Å². The van der Waals surface area contributed by atoms with Gasteiger partial charge in [0.25, 0.3) is 5.91 Å². The van der Waals surface area contributed by atoms with Crippen LogP contribution in [0.15, 0.2) is 64.0 Å². The van der Waals surface area contributed by atoms with Crippen LogP contribution in [0.4, 0.5) is 5.69 Å². The number of nitrogens with zero attached hydrogens (tertiary/aromatic N) is 1. The van der Waals surface area contributed by atoms with Gasteiger partial charge in [-0.05, 0) is 29.8 Å². The van der Waals surface area contributed by atoms with Crippen molar-refractivity contribution in [2.75, 3.05) is 4.90 Å². The summed E-state index contributed by atoms with van der Waals surface area (Å²) in [6.45, 7) is 0. The second-order valence-corrected chi connectivity index (χ2v) is 6.90. The third kappa shape index (κ3) is 2.95. The molecule has 1 heterocycles. The van der Waals surface area contributed by atoms with Crippen molar-refractivity contribution in [2.24, 2.45) is 0 Å². The monoisotopic (exact) mass is 375 g/mol. The average Bonchev–Trinajstić information content (AvgIpc) is 2.77. The quantitative estimate of drug-likeness (QED) is 0.552. The molecule has 3 rings (SSSR count). The van der Waals surface area contributed by atoms with E-state index < -0.39 is 0 Å². The number of halogens is 1. The molecule has 1 amide bonds. The van der Waals surface area contributed by atoms with Crippen molar-refractivity contribution in [1.29, 1.82) is 0 Å². The Morgan fingerprint density at radius 3 is 2.43 bits per heavy atom. The fourth-order valence-electron chi connectivity index (χ4n) is 2.00. The van der Waals surface area contributed by atoms with E-state index in [4.69, 9.17) is 12.2 Å². The summed E-state index contributed by atoms with van der Waals surface area (Å²) in [6, 6.07) is 17.3. The molecule has 0 atom stereocenters. The molecule has 1 saturated heterocycles. The lowest BCUT2D eigenvalue weighted by Gasteiger charge is -2.13. The first kappa shape index (κ1) is 14.5. The van der Waals surface area contributed by atoms with Crippen LogP contribution in [0.5, 0.6) is 0 Å². The normalized spacial score (nSPS) is 16.8. The lowest BCUT2D eigenvalue weighted by molar-refractivity contribution is -0.113. The molecule has 0 unspecified atom stereocenters. The van der Waals surface area contributed by atoms with Crippen molar-refractivity contribution in [2.45, 2.75) is 0 Å². The van der Waals surface area contributed by atoms with Crippen LogP contribution in [0.1, 0.15) is 5.56 Å². The molecular formula is C16H10BrNOS2. The molecule has 0 saturated carbocycles. The molecule has 0 aliphatic carbocycles. The molecule has 1 aliphatic heterocycles. The first-order valence-electron chi connectivity index (χ1n) is 6.24. The highest BCUT2D eigenvalue weighted by Gasteiger charge is 2.33. The van der Waals surface area contributed by atoms with Gasteiger partial charge >= 0.3 is 0 Å². The zero-order valence-electron chi connectivity index (χ0n) is 10.8. The number of thioether (sulfide) groups is 1. The van der Waals surface area contributed by atoms with E-state index in [1.807, 2.05) is 60.7 Å². The molecule has 21 heavy (non-hydrogen) atoms. The molecule has 0 N–H and O–H groups in total. The van der Waals surface area contributed by atoms with Crippen molar-refractivity contribution in [3.8, 4) is 0 Å². The lowest BCUT2D eigenvalue weighted by Crippen LogP contribution is -2.27. The molecule has 0 spiro atoms. The van der Waals surface area contributed by atoms with Gasteiger partial charge in [-0.3, -0.25) is 9.69 Å². The Balaban J connectivity index is 1.96. The van der Waals surface area contributed by atoms with E-state index in [0.717, 1.165) is 15.7 Å². The van der Waals surface area contributed by atoms with Gasteiger partial charge in [-0.15, -0.1) is 0 Å². The van der Waals surface area contributed by atoms with Gasteiger partial charge in [0.2, 0.25) is 0 Å². The van der Waals surface area contributed by atoms with E-state index in [-0.39, 0.29) is 5.91 Å². The van der Waals surface area contributed by atoms with Crippen LogP contribution in [0, 0.1) is 0 Å². The van der Waals surface area contributed by atoms with Gasteiger partial charge in [-0.1, -0.05) is 76.3 Å². The number of thiocarbonyl (C=S) groups is 1. The zero-order chi connectivity index (χ0) is 14.8. The summed E-state index contributed by atoms with van der Waals surface area (Å²) < 4.78 is 1.51. The fourth-order valence-corrected chi connectivity index (χ4v) is 3.69. The minimum Gasteiger partial charge on any atom is -0.268 e. The first-order valence-corrected chi connectivity index (χ1v) is 8.26. The van der Waals surface area contributed by atoms with E-state index in [2.05, 4.69) is 15.9 Å². The maximum Gasteiger partial charge on any atom is 0.270 e. The maximum atomic E-state index is 12.6. The number of benzene rings is 2. The molecule has 2 nitrogen and oxygen atoms in total. The van der Waals surface area contributed by atoms with Crippen molar-refractivity contribution in [3.05, 3.63) is 69.5 Å². The summed E-state index contributed by atoms with van der Waals surface area (Å²) in [6.07, 6.45) is 1.87. The van der Waals surface area contributed by atoms with Crippen LogP contribution in [-0.4, -0.2) is 10.2 Å². The van der Waals surface area contributed by atoms with E-state index in [0.29, 0.717) is 9.23 Å². The van der Waals surface area contributed by atoms with Crippen LogP contribution >= 0.6 is 39.9 Å².